The molecule has 1 aliphatic rings. The van der Waals surface area contributed by atoms with Crippen LogP contribution in [0.15, 0.2) is 12.1 Å². The lowest BCUT2D eigenvalue weighted by Crippen LogP contribution is -2.49. The topological polar surface area (TPSA) is 81.6 Å². The summed E-state index contributed by atoms with van der Waals surface area (Å²) < 4.78 is 19.5. The molecule has 6 nitrogen and oxygen atoms in total. The van der Waals surface area contributed by atoms with Crippen LogP contribution in [0.5, 0.6) is 0 Å². The Labute approximate surface area is 129 Å². The number of halogens is 2. The second kappa shape index (κ2) is 6.19. The van der Waals surface area contributed by atoms with Crippen molar-refractivity contribution in [2.75, 3.05) is 24.6 Å². The van der Waals surface area contributed by atoms with Gasteiger partial charge in [0.05, 0.1) is 21.2 Å². The molecule has 2 N–H and O–H groups in total. The van der Waals surface area contributed by atoms with Crippen molar-refractivity contribution in [1.82, 2.24) is 0 Å². The van der Waals surface area contributed by atoms with Crippen molar-refractivity contribution >= 4 is 34.0 Å². The van der Waals surface area contributed by atoms with Gasteiger partial charge in [0.15, 0.2) is 0 Å². The number of ether oxygens (including phenoxy) is 1. The predicted octanol–water partition coefficient (Wildman–Crippen LogP) is 1.89. The molecular weight excluding hydrogens is 380 g/mol. The molecule has 1 aliphatic heterocycles. The Kier molecular flexibility index (Phi) is 4.76. The van der Waals surface area contributed by atoms with Crippen LogP contribution in [0.1, 0.15) is 6.92 Å². The van der Waals surface area contributed by atoms with E-state index in [0.29, 0.717) is 19.7 Å². The van der Waals surface area contributed by atoms with E-state index in [2.05, 4.69) is 0 Å². The molecule has 1 saturated heterocycles. The van der Waals surface area contributed by atoms with Gasteiger partial charge in [0, 0.05) is 31.3 Å². The third-order valence-corrected chi connectivity index (χ3v) is 4.06. The largest absolute Gasteiger partial charge is 0.373 e. The highest BCUT2D eigenvalue weighted by molar-refractivity contribution is 14.1. The van der Waals surface area contributed by atoms with Crippen LogP contribution in [0.2, 0.25) is 0 Å². The van der Waals surface area contributed by atoms with Crippen molar-refractivity contribution in [2.45, 2.75) is 19.1 Å². The first kappa shape index (κ1) is 15.4. The lowest BCUT2D eigenvalue weighted by Gasteiger charge is -2.35. The third kappa shape index (κ3) is 3.18. The highest BCUT2D eigenvalue weighted by Crippen LogP contribution is 2.32. The molecule has 1 heterocycles. The van der Waals surface area contributed by atoms with Crippen molar-refractivity contribution in [3.05, 3.63) is 31.6 Å². The molecule has 1 aromatic carbocycles. The summed E-state index contributed by atoms with van der Waals surface area (Å²) in [6, 6.07) is 2.27. The van der Waals surface area contributed by atoms with Gasteiger partial charge < -0.3 is 15.4 Å². The standard InChI is InChI=1S/C12H15FIN3O3/c1-7(15)12-6-16(2-3-20-12)10-4-8(13)9(14)5-11(10)17(18)19/h4-5,7,12H,2-3,6,15H2,1H3. The third-order valence-electron chi connectivity index (χ3n) is 3.23. The maximum absolute atomic E-state index is 13.7. The number of rotatable bonds is 3. The zero-order chi connectivity index (χ0) is 14.9. The molecule has 0 bridgehead atoms. The van der Waals surface area contributed by atoms with Crippen LogP contribution in [0, 0.1) is 19.5 Å². The highest BCUT2D eigenvalue weighted by atomic mass is 127. The first-order valence-corrected chi connectivity index (χ1v) is 7.23. The maximum atomic E-state index is 13.7. The van der Waals surface area contributed by atoms with Crippen molar-refractivity contribution in [3.63, 3.8) is 0 Å². The molecule has 110 valence electrons. The van der Waals surface area contributed by atoms with Crippen LogP contribution in [-0.4, -0.2) is 36.8 Å². The van der Waals surface area contributed by atoms with Gasteiger partial charge >= 0.3 is 0 Å². The van der Waals surface area contributed by atoms with Crippen LogP contribution >= 0.6 is 22.6 Å². The van der Waals surface area contributed by atoms with Crippen LogP contribution < -0.4 is 10.6 Å². The Bertz CT molecular complexity index is 527. The van der Waals surface area contributed by atoms with Gasteiger partial charge in [-0.05, 0) is 29.5 Å². The molecule has 2 atom stereocenters. The zero-order valence-corrected chi connectivity index (χ0v) is 13.0. The van der Waals surface area contributed by atoms with Gasteiger partial charge in [-0.1, -0.05) is 0 Å². The first-order valence-electron chi connectivity index (χ1n) is 6.15. The summed E-state index contributed by atoms with van der Waals surface area (Å²) in [7, 11) is 0. The fourth-order valence-electron chi connectivity index (χ4n) is 2.14. The predicted molar refractivity (Wildman–Crippen MR) is 81.4 cm³/mol. The molecule has 0 spiro atoms. The smallest absolute Gasteiger partial charge is 0.293 e. The molecule has 0 aromatic heterocycles. The van der Waals surface area contributed by atoms with Crippen molar-refractivity contribution in [1.29, 1.82) is 0 Å². The Hall–Kier alpha value is -1.00. The number of nitro benzene ring substituents is 1. The normalized spacial score (nSPS) is 20.8. The number of nitro groups is 1. The monoisotopic (exact) mass is 395 g/mol. The summed E-state index contributed by atoms with van der Waals surface area (Å²) in [6.45, 7) is 3.12. The lowest BCUT2D eigenvalue weighted by molar-refractivity contribution is -0.384. The van der Waals surface area contributed by atoms with Gasteiger partial charge in [0.1, 0.15) is 11.5 Å². The molecule has 2 rings (SSSR count). The van der Waals surface area contributed by atoms with Crippen molar-refractivity contribution < 1.29 is 14.1 Å². The van der Waals surface area contributed by atoms with Gasteiger partial charge in [-0.15, -0.1) is 0 Å². The van der Waals surface area contributed by atoms with Gasteiger partial charge in [0.2, 0.25) is 0 Å². The minimum atomic E-state index is -0.493. The Morgan fingerprint density at radius 3 is 2.95 bits per heavy atom. The van der Waals surface area contributed by atoms with E-state index < -0.39 is 10.7 Å². The van der Waals surface area contributed by atoms with Gasteiger partial charge in [-0.3, -0.25) is 10.1 Å². The van der Waals surface area contributed by atoms with Gasteiger partial charge in [-0.2, -0.15) is 0 Å². The second-order valence-corrected chi connectivity index (χ2v) is 5.89. The number of hydrogen-bond acceptors (Lipinski definition) is 5. The molecule has 0 amide bonds. The Morgan fingerprint density at radius 2 is 2.35 bits per heavy atom. The lowest BCUT2D eigenvalue weighted by atomic mass is 10.1. The average Bonchev–Trinajstić information content (AvgIpc) is 2.41. The summed E-state index contributed by atoms with van der Waals surface area (Å²) in [5.41, 5.74) is 5.98. The van der Waals surface area contributed by atoms with Crippen LogP contribution in [0.25, 0.3) is 0 Å². The zero-order valence-electron chi connectivity index (χ0n) is 10.9. The quantitative estimate of drug-likeness (QED) is 0.480. The number of anilines is 1. The van der Waals surface area contributed by atoms with E-state index in [9.17, 15) is 14.5 Å². The SMILES string of the molecule is CC(N)C1CN(c2cc(F)c(I)cc2[N+](=O)[O-])CCO1. The molecule has 0 radical (unpaired) electrons. The number of benzene rings is 1. The summed E-state index contributed by atoms with van der Waals surface area (Å²) in [5.74, 6) is -0.463. The molecule has 20 heavy (non-hydrogen) atoms. The number of hydrogen-bond donors (Lipinski definition) is 1. The van der Waals surface area contributed by atoms with Crippen molar-refractivity contribution in [2.24, 2.45) is 5.73 Å². The minimum Gasteiger partial charge on any atom is -0.373 e. The van der Waals surface area contributed by atoms with Crippen LogP contribution in [0.3, 0.4) is 0 Å². The van der Waals surface area contributed by atoms with Crippen molar-refractivity contribution in [3.8, 4) is 0 Å². The summed E-state index contributed by atoms with van der Waals surface area (Å²) in [6.07, 6.45) is -0.217. The molecule has 8 heteroatoms. The fraction of sp³-hybridized carbons (Fsp3) is 0.500. The fourth-order valence-corrected chi connectivity index (χ4v) is 2.59. The van der Waals surface area contributed by atoms with E-state index in [4.69, 9.17) is 10.5 Å². The van der Waals surface area contributed by atoms with Crippen LogP contribution in [-0.2, 0) is 4.74 Å². The number of morpholine rings is 1. The average molecular weight is 395 g/mol. The van der Waals surface area contributed by atoms with Gasteiger partial charge in [-0.25, -0.2) is 4.39 Å². The van der Waals surface area contributed by atoms with E-state index in [1.165, 1.54) is 12.1 Å². The Morgan fingerprint density at radius 1 is 1.65 bits per heavy atom. The molecule has 2 unspecified atom stereocenters. The maximum Gasteiger partial charge on any atom is 0.293 e. The molecule has 1 aromatic rings. The second-order valence-electron chi connectivity index (χ2n) is 4.73. The van der Waals surface area contributed by atoms with E-state index in [-0.39, 0.29) is 27.1 Å². The first-order chi connectivity index (χ1) is 9.40. The highest BCUT2D eigenvalue weighted by Gasteiger charge is 2.28. The van der Waals surface area contributed by atoms with E-state index in [0.717, 1.165) is 0 Å². The van der Waals surface area contributed by atoms with E-state index in [1.807, 2.05) is 6.92 Å². The summed E-state index contributed by atoms with van der Waals surface area (Å²) in [5, 5.41) is 11.1. The van der Waals surface area contributed by atoms with E-state index in [1.54, 1.807) is 27.5 Å². The molecule has 0 aliphatic carbocycles. The summed E-state index contributed by atoms with van der Waals surface area (Å²) in [4.78, 5) is 12.4. The number of nitrogens with zero attached hydrogens (tertiary/aromatic N) is 2. The minimum absolute atomic E-state index is 0.0962. The van der Waals surface area contributed by atoms with Gasteiger partial charge in [0.25, 0.3) is 5.69 Å². The van der Waals surface area contributed by atoms with Crippen LogP contribution in [0.4, 0.5) is 15.8 Å². The van der Waals surface area contributed by atoms with E-state index >= 15 is 0 Å². The number of nitrogens with two attached hydrogens (primary N) is 1. The Balaban J connectivity index is 2.36. The molecular formula is C12H15FIN3O3. The summed E-state index contributed by atoms with van der Waals surface area (Å²) >= 11 is 1.74. The molecule has 1 fully saturated rings. The molecule has 0 saturated carbocycles.